The zero-order valence-corrected chi connectivity index (χ0v) is 16.9. The monoisotopic (exact) mass is 379 g/mol. The summed E-state index contributed by atoms with van der Waals surface area (Å²) in [5.41, 5.74) is 1.98. The minimum Gasteiger partial charge on any atom is -0.382 e. The van der Waals surface area contributed by atoms with E-state index in [0.29, 0.717) is 26.2 Å². The van der Waals surface area contributed by atoms with E-state index in [1.54, 1.807) is 7.11 Å². The maximum absolute atomic E-state index is 12.6. The van der Waals surface area contributed by atoms with Gasteiger partial charge in [0.25, 0.3) is 0 Å². The maximum Gasteiger partial charge on any atom is 0.224 e. The maximum atomic E-state index is 12.6. The van der Waals surface area contributed by atoms with Crippen molar-refractivity contribution < 1.29 is 19.0 Å². The molecule has 0 N–H and O–H groups in total. The van der Waals surface area contributed by atoms with E-state index < -0.39 is 0 Å². The number of carbonyl (C=O) groups excluding carboxylic acids is 1. The van der Waals surface area contributed by atoms with Crippen molar-refractivity contribution in [1.82, 2.24) is 14.7 Å². The molecule has 2 saturated heterocycles. The lowest BCUT2D eigenvalue weighted by atomic mass is 9.83. The first-order valence-corrected chi connectivity index (χ1v) is 10.0. The lowest BCUT2D eigenvalue weighted by Gasteiger charge is -2.46. The molecular formula is C20H33N3O4. The number of likely N-dealkylation sites (tertiary alicyclic amines) is 1. The van der Waals surface area contributed by atoms with Gasteiger partial charge < -0.3 is 19.1 Å². The number of nitrogens with zero attached hydrogens (tertiary/aromatic N) is 3. The Balaban J connectivity index is 1.45. The number of aryl methyl sites for hydroxylation is 3. The third-order valence-electron chi connectivity index (χ3n) is 5.76. The predicted molar refractivity (Wildman–Crippen MR) is 102 cm³/mol. The second-order valence-corrected chi connectivity index (χ2v) is 7.79. The summed E-state index contributed by atoms with van der Waals surface area (Å²) < 4.78 is 19.1. The van der Waals surface area contributed by atoms with Gasteiger partial charge >= 0.3 is 0 Å². The first-order chi connectivity index (χ1) is 13.0. The van der Waals surface area contributed by atoms with E-state index in [4.69, 9.17) is 14.2 Å². The third-order valence-corrected chi connectivity index (χ3v) is 5.76. The van der Waals surface area contributed by atoms with Crippen LogP contribution in [0.5, 0.6) is 0 Å². The number of methoxy groups -OCH3 is 1. The average Bonchev–Trinajstić information content (AvgIpc) is 2.98. The molecule has 152 valence electrons. The van der Waals surface area contributed by atoms with Gasteiger partial charge in [0.05, 0.1) is 30.6 Å². The molecule has 0 saturated carbocycles. The molecule has 1 aromatic rings. The van der Waals surface area contributed by atoms with E-state index in [1.807, 2.05) is 29.5 Å². The van der Waals surface area contributed by atoms with Crippen LogP contribution in [0.1, 0.15) is 43.5 Å². The molecule has 3 heterocycles. The Bertz CT molecular complexity index is 623. The number of hydrogen-bond donors (Lipinski definition) is 0. The van der Waals surface area contributed by atoms with Crippen LogP contribution >= 0.6 is 0 Å². The van der Waals surface area contributed by atoms with E-state index in [-0.39, 0.29) is 17.6 Å². The molecule has 1 unspecified atom stereocenters. The van der Waals surface area contributed by atoms with Crippen LogP contribution < -0.4 is 0 Å². The highest BCUT2D eigenvalue weighted by Gasteiger charge is 2.41. The lowest BCUT2D eigenvalue weighted by molar-refractivity contribution is -0.163. The molecule has 1 atom stereocenters. The minimum atomic E-state index is -0.123. The van der Waals surface area contributed by atoms with Crippen molar-refractivity contribution in [3.05, 3.63) is 17.5 Å². The van der Waals surface area contributed by atoms with Crippen molar-refractivity contribution in [1.29, 1.82) is 0 Å². The Hall–Kier alpha value is -1.44. The van der Waals surface area contributed by atoms with Gasteiger partial charge in [0, 0.05) is 51.9 Å². The van der Waals surface area contributed by atoms with Crippen LogP contribution in [-0.4, -0.2) is 72.3 Å². The van der Waals surface area contributed by atoms with Gasteiger partial charge in [0.2, 0.25) is 5.91 Å². The Morgan fingerprint density at radius 1 is 1.33 bits per heavy atom. The highest BCUT2D eigenvalue weighted by molar-refractivity contribution is 5.76. The summed E-state index contributed by atoms with van der Waals surface area (Å²) in [7, 11) is 1.69. The van der Waals surface area contributed by atoms with Crippen LogP contribution in [-0.2, 0) is 25.5 Å². The Labute approximate surface area is 161 Å². The average molecular weight is 380 g/mol. The van der Waals surface area contributed by atoms with Crippen LogP contribution in [0.15, 0.2) is 6.07 Å². The summed E-state index contributed by atoms with van der Waals surface area (Å²) in [6.07, 6.45) is 4.38. The number of amides is 1. The van der Waals surface area contributed by atoms with Crippen LogP contribution in [0.3, 0.4) is 0 Å². The summed E-state index contributed by atoms with van der Waals surface area (Å²) in [6, 6.07) is 2.04. The summed E-state index contributed by atoms with van der Waals surface area (Å²) in [5.74, 6) is 0.209. The van der Waals surface area contributed by atoms with Crippen LogP contribution in [0, 0.1) is 13.8 Å². The molecule has 1 amide bonds. The molecule has 27 heavy (non-hydrogen) atoms. The van der Waals surface area contributed by atoms with E-state index in [0.717, 1.165) is 56.8 Å². The van der Waals surface area contributed by atoms with Crippen molar-refractivity contribution >= 4 is 5.91 Å². The first kappa shape index (κ1) is 20.3. The van der Waals surface area contributed by atoms with Gasteiger partial charge in [-0.2, -0.15) is 5.10 Å². The second kappa shape index (κ2) is 9.17. The first-order valence-electron chi connectivity index (χ1n) is 10.0. The van der Waals surface area contributed by atoms with E-state index in [9.17, 15) is 4.79 Å². The molecule has 2 aliphatic rings. The Kier molecular flexibility index (Phi) is 6.89. The standard InChI is InChI=1S/C20H33N3O4/c1-16-14-17(2)23(21-16)8-4-19(24)22-9-6-20(7-10-22)15-18(5-11-27-20)26-13-12-25-3/h14,18H,4-13,15H2,1-3H3. The van der Waals surface area contributed by atoms with Crippen molar-refractivity contribution in [2.45, 2.75) is 64.2 Å². The van der Waals surface area contributed by atoms with Gasteiger partial charge in [-0.05, 0) is 39.2 Å². The molecule has 0 bridgehead atoms. The van der Waals surface area contributed by atoms with E-state index in [2.05, 4.69) is 5.10 Å². The highest BCUT2D eigenvalue weighted by Crippen LogP contribution is 2.36. The Morgan fingerprint density at radius 3 is 2.78 bits per heavy atom. The SMILES string of the molecule is COCCOC1CCOC2(CCN(C(=O)CCn3nc(C)cc3C)CC2)C1. The molecule has 2 fully saturated rings. The fourth-order valence-electron chi connectivity index (χ4n) is 4.20. The van der Waals surface area contributed by atoms with Crippen molar-refractivity contribution in [2.75, 3.05) is 40.0 Å². The number of ether oxygens (including phenoxy) is 3. The van der Waals surface area contributed by atoms with Gasteiger partial charge in [-0.3, -0.25) is 9.48 Å². The smallest absolute Gasteiger partial charge is 0.224 e. The predicted octanol–water partition coefficient (Wildman–Crippen LogP) is 2.09. The largest absolute Gasteiger partial charge is 0.382 e. The van der Waals surface area contributed by atoms with Gasteiger partial charge in [-0.1, -0.05) is 0 Å². The van der Waals surface area contributed by atoms with E-state index in [1.165, 1.54) is 0 Å². The molecule has 0 aromatic carbocycles. The number of hydrogen-bond acceptors (Lipinski definition) is 5. The molecule has 7 heteroatoms. The third kappa shape index (κ3) is 5.30. The number of carbonyl (C=O) groups is 1. The topological polar surface area (TPSA) is 65.8 Å². The summed E-state index contributed by atoms with van der Waals surface area (Å²) in [4.78, 5) is 14.6. The highest BCUT2D eigenvalue weighted by atomic mass is 16.5. The molecule has 0 radical (unpaired) electrons. The van der Waals surface area contributed by atoms with Crippen molar-refractivity contribution in [3.8, 4) is 0 Å². The molecule has 1 aromatic heterocycles. The summed E-state index contributed by atoms with van der Waals surface area (Å²) in [6.45, 7) is 8.18. The van der Waals surface area contributed by atoms with Crippen LogP contribution in [0.4, 0.5) is 0 Å². The molecule has 0 aliphatic carbocycles. The quantitative estimate of drug-likeness (QED) is 0.679. The molecule has 1 spiro atoms. The number of rotatable bonds is 7. The number of piperidine rings is 1. The summed E-state index contributed by atoms with van der Waals surface area (Å²) in [5, 5.41) is 4.44. The fraction of sp³-hybridized carbons (Fsp3) is 0.800. The van der Waals surface area contributed by atoms with Crippen LogP contribution in [0.2, 0.25) is 0 Å². The number of aromatic nitrogens is 2. The van der Waals surface area contributed by atoms with Gasteiger partial charge in [0.1, 0.15) is 0 Å². The van der Waals surface area contributed by atoms with Gasteiger partial charge in [-0.15, -0.1) is 0 Å². The zero-order valence-electron chi connectivity index (χ0n) is 16.9. The minimum absolute atomic E-state index is 0.123. The van der Waals surface area contributed by atoms with Crippen molar-refractivity contribution in [2.24, 2.45) is 0 Å². The molecular weight excluding hydrogens is 346 g/mol. The van der Waals surface area contributed by atoms with E-state index >= 15 is 0 Å². The normalized spacial score (nSPS) is 22.3. The zero-order chi connectivity index (χ0) is 19.3. The van der Waals surface area contributed by atoms with Gasteiger partial charge in [0.15, 0.2) is 0 Å². The lowest BCUT2D eigenvalue weighted by Crippen LogP contribution is -2.52. The molecule has 3 rings (SSSR count). The van der Waals surface area contributed by atoms with Crippen LogP contribution in [0.25, 0.3) is 0 Å². The molecule has 7 nitrogen and oxygen atoms in total. The second-order valence-electron chi connectivity index (χ2n) is 7.79. The molecule has 2 aliphatic heterocycles. The Morgan fingerprint density at radius 2 is 2.11 bits per heavy atom. The summed E-state index contributed by atoms with van der Waals surface area (Å²) >= 11 is 0. The van der Waals surface area contributed by atoms with Gasteiger partial charge in [-0.25, -0.2) is 0 Å². The fourth-order valence-corrected chi connectivity index (χ4v) is 4.20. The van der Waals surface area contributed by atoms with Crippen molar-refractivity contribution in [3.63, 3.8) is 0 Å².